The van der Waals surface area contributed by atoms with Crippen LogP contribution < -0.4 is 10.6 Å². The number of rotatable bonds is 4. The molecule has 154 valence electrons. The number of carbonyl (C=O) groups is 2. The Morgan fingerprint density at radius 1 is 0.828 bits per heavy atom. The van der Waals surface area contributed by atoms with Crippen LogP contribution in [0.25, 0.3) is 0 Å². The van der Waals surface area contributed by atoms with Crippen molar-refractivity contribution in [3.63, 3.8) is 0 Å². The van der Waals surface area contributed by atoms with Crippen LogP contribution in [0.15, 0.2) is 36.4 Å². The van der Waals surface area contributed by atoms with Crippen molar-refractivity contribution >= 4 is 44.9 Å². The Kier molecular flexibility index (Phi) is 6.22. The molecule has 2 N–H and O–H groups in total. The number of nitrogens with one attached hydrogen (secondary N) is 2. The van der Waals surface area contributed by atoms with Gasteiger partial charge in [-0.3, -0.25) is 9.59 Å². The van der Waals surface area contributed by atoms with Gasteiger partial charge in [0.25, 0.3) is 11.8 Å². The van der Waals surface area contributed by atoms with Crippen LogP contribution >= 0.6 is 23.2 Å². The summed E-state index contributed by atoms with van der Waals surface area (Å²) in [6.45, 7) is 3.63. The molecule has 2 atom stereocenters. The number of benzene rings is 2. The van der Waals surface area contributed by atoms with E-state index in [2.05, 4.69) is 10.6 Å². The van der Waals surface area contributed by atoms with Crippen LogP contribution in [0.5, 0.6) is 0 Å². The second-order valence-electron chi connectivity index (χ2n) is 7.16. The maximum absolute atomic E-state index is 12.6. The molecule has 2 aromatic rings. The molecule has 1 heterocycles. The molecule has 2 amide bonds. The van der Waals surface area contributed by atoms with Crippen molar-refractivity contribution in [2.24, 2.45) is 0 Å². The minimum absolute atomic E-state index is 0.252. The van der Waals surface area contributed by atoms with E-state index in [-0.39, 0.29) is 11.5 Å². The minimum Gasteiger partial charge on any atom is -0.346 e. The first-order chi connectivity index (χ1) is 13.6. The van der Waals surface area contributed by atoms with Crippen molar-refractivity contribution < 1.29 is 18.0 Å². The number of halogens is 2. The van der Waals surface area contributed by atoms with Crippen LogP contribution in [-0.2, 0) is 9.84 Å². The van der Waals surface area contributed by atoms with E-state index < -0.39 is 33.7 Å². The molecule has 1 saturated heterocycles. The van der Waals surface area contributed by atoms with Crippen LogP contribution in [0.4, 0.5) is 0 Å². The lowest BCUT2D eigenvalue weighted by Crippen LogP contribution is -2.51. The standard InChI is InChI=1S/C20H20Cl2N2O4S/c1-11-3-5-13(7-15(11)21)19(25)23-17-9-29(27,28)10-18(17)24-20(26)14-6-4-12(2)16(22)8-14/h3-8,17-18H,9-10H2,1-2H3,(H,23,25)(H,24,26)/t17-,18+. The molecule has 0 bridgehead atoms. The van der Waals surface area contributed by atoms with E-state index >= 15 is 0 Å². The van der Waals surface area contributed by atoms with E-state index in [0.717, 1.165) is 11.1 Å². The molecule has 2 aromatic carbocycles. The quantitative estimate of drug-likeness (QED) is 0.742. The zero-order valence-electron chi connectivity index (χ0n) is 15.8. The summed E-state index contributed by atoms with van der Waals surface area (Å²) in [6, 6.07) is 8.19. The summed E-state index contributed by atoms with van der Waals surface area (Å²) in [5, 5.41) is 6.30. The Hall–Kier alpha value is -2.09. The van der Waals surface area contributed by atoms with Gasteiger partial charge < -0.3 is 10.6 Å². The maximum Gasteiger partial charge on any atom is 0.251 e. The molecular formula is C20H20Cl2N2O4S. The summed E-state index contributed by atoms with van der Waals surface area (Å²) in [5.41, 5.74) is 2.29. The molecule has 6 nitrogen and oxygen atoms in total. The molecule has 29 heavy (non-hydrogen) atoms. The van der Waals surface area contributed by atoms with Gasteiger partial charge in [0, 0.05) is 21.2 Å². The average Bonchev–Trinajstić information content (AvgIpc) is 2.92. The molecule has 1 fully saturated rings. The van der Waals surface area contributed by atoms with Gasteiger partial charge in [-0.1, -0.05) is 35.3 Å². The summed E-state index contributed by atoms with van der Waals surface area (Å²) in [6.07, 6.45) is 0. The summed E-state index contributed by atoms with van der Waals surface area (Å²) < 4.78 is 24.3. The lowest BCUT2D eigenvalue weighted by Gasteiger charge is -2.21. The first-order valence-corrected chi connectivity index (χ1v) is 11.5. The molecule has 3 rings (SSSR count). The Bertz CT molecular complexity index is 1010. The van der Waals surface area contributed by atoms with E-state index in [9.17, 15) is 18.0 Å². The molecular weight excluding hydrogens is 435 g/mol. The third-order valence-corrected chi connectivity index (χ3v) is 7.40. The zero-order valence-corrected chi connectivity index (χ0v) is 18.2. The lowest BCUT2D eigenvalue weighted by atomic mass is 10.1. The van der Waals surface area contributed by atoms with Crippen molar-refractivity contribution in [1.29, 1.82) is 0 Å². The van der Waals surface area contributed by atoms with Crippen LogP contribution in [0.1, 0.15) is 31.8 Å². The topological polar surface area (TPSA) is 92.3 Å². The monoisotopic (exact) mass is 454 g/mol. The fraction of sp³-hybridized carbons (Fsp3) is 0.300. The van der Waals surface area contributed by atoms with Gasteiger partial charge in [0.2, 0.25) is 0 Å². The fourth-order valence-corrected chi connectivity index (χ4v) is 5.33. The van der Waals surface area contributed by atoms with Crippen LogP contribution in [0.2, 0.25) is 10.0 Å². The number of hydrogen-bond donors (Lipinski definition) is 2. The van der Waals surface area contributed by atoms with Crippen LogP contribution in [-0.4, -0.2) is 43.8 Å². The molecule has 0 aromatic heterocycles. The second kappa shape index (κ2) is 8.34. The van der Waals surface area contributed by atoms with E-state index in [4.69, 9.17) is 23.2 Å². The third-order valence-electron chi connectivity index (χ3n) is 4.85. The highest BCUT2D eigenvalue weighted by molar-refractivity contribution is 7.91. The van der Waals surface area contributed by atoms with Crippen molar-refractivity contribution in [3.05, 3.63) is 68.7 Å². The Labute approximate surface area is 179 Å². The molecule has 0 radical (unpaired) electrons. The van der Waals surface area contributed by atoms with Gasteiger partial charge in [-0.25, -0.2) is 8.42 Å². The molecule has 0 aliphatic carbocycles. The molecule has 9 heteroatoms. The third kappa shape index (κ3) is 5.10. The Morgan fingerprint density at radius 3 is 1.55 bits per heavy atom. The number of sulfone groups is 1. The van der Waals surface area contributed by atoms with Crippen LogP contribution in [0.3, 0.4) is 0 Å². The van der Waals surface area contributed by atoms with Gasteiger partial charge in [0.05, 0.1) is 23.6 Å². The molecule has 1 aliphatic rings. The highest BCUT2D eigenvalue weighted by Gasteiger charge is 2.39. The van der Waals surface area contributed by atoms with Crippen molar-refractivity contribution in [2.45, 2.75) is 25.9 Å². The largest absolute Gasteiger partial charge is 0.346 e. The van der Waals surface area contributed by atoms with Crippen molar-refractivity contribution in [1.82, 2.24) is 10.6 Å². The predicted molar refractivity (Wildman–Crippen MR) is 114 cm³/mol. The smallest absolute Gasteiger partial charge is 0.251 e. The average molecular weight is 455 g/mol. The number of aryl methyl sites for hydroxylation is 2. The van der Waals surface area contributed by atoms with Gasteiger partial charge >= 0.3 is 0 Å². The zero-order chi connectivity index (χ0) is 21.3. The minimum atomic E-state index is -3.41. The summed E-state index contributed by atoms with van der Waals surface area (Å²) in [7, 11) is -3.41. The number of amides is 2. The normalized spacial score (nSPS) is 20.3. The molecule has 0 saturated carbocycles. The molecule has 1 aliphatic heterocycles. The van der Waals surface area contributed by atoms with Gasteiger partial charge in [-0.15, -0.1) is 0 Å². The summed E-state index contributed by atoms with van der Waals surface area (Å²) in [5.74, 6) is -1.41. The van der Waals surface area contributed by atoms with Gasteiger partial charge in [0.15, 0.2) is 9.84 Å². The van der Waals surface area contributed by atoms with Gasteiger partial charge in [-0.2, -0.15) is 0 Å². The predicted octanol–water partition coefficient (Wildman–Crippen LogP) is 2.94. The number of carbonyl (C=O) groups excluding carboxylic acids is 2. The van der Waals surface area contributed by atoms with Gasteiger partial charge in [-0.05, 0) is 49.2 Å². The molecule has 0 unspecified atom stereocenters. The van der Waals surface area contributed by atoms with Gasteiger partial charge in [0.1, 0.15) is 0 Å². The highest BCUT2D eigenvalue weighted by atomic mass is 35.5. The first kappa shape index (κ1) is 21.6. The van der Waals surface area contributed by atoms with E-state index in [1.54, 1.807) is 24.3 Å². The maximum atomic E-state index is 12.6. The van der Waals surface area contributed by atoms with E-state index in [1.807, 2.05) is 13.8 Å². The lowest BCUT2D eigenvalue weighted by molar-refractivity contribution is 0.0896. The summed E-state index contributed by atoms with van der Waals surface area (Å²) >= 11 is 12.1. The number of hydrogen-bond acceptors (Lipinski definition) is 4. The highest BCUT2D eigenvalue weighted by Crippen LogP contribution is 2.20. The van der Waals surface area contributed by atoms with Crippen LogP contribution in [0, 0.1) is 13.8 Å². The Morgan fingerprint density at radius 2 is 1.21 bits per heavy atom. The van der Waals surface area contributed by atoms with E-state index in [1.165, 1.54) is 12.1 Å². The first-order valence-electron chi connectivity index (χ1n) is 8.90. The SMILES string of the molecule is Cc1ccc(C(=O)N[C@H]2CS(=O)(=O)C[C@H]2NC(=O)c2ccc(C)c(Cl)c2)cc1Cl. The molecule has 0 spiro atoms. The fourth-order valence-electron chi connectivity index (χ4n) is 3.10. The van der Waals surface area contributed by atoms with Crippen molar-refractivity contribution in [3.8, 4) is 0 Å². The van der Waals surface area contributed by atoms with Crippen molar-refractivity contribution in [2.75, 3.05) is 11.5 Å². The summed E-state index contributed by atoms with van der Waals surface area (Å²) in [4.78, 5) is 25.1. The second-order valence-corrected chi connectivity index (χ2v) is 10.1. The van der Waals surface area contributed by atoms with E-state index in [0.29, 0.717) is 21.2 Å². The Balaban J connectivity index is 1.76.